The Morgan fingerprint density at radius 1 is 1.40 bits per heavy atom. The number of hydrogen-bond acceptors (Lipinski definition) is 2. The van der Waals surface area contributed by atoms with Gasteiger partial charge in [0.2, 0.25) is 0 Å². The summed E-state index contributed by atoms with van der Waals surface area (Å²) in [5, 5.41) is 3.54. The van der Waals surface area contributed by atoms with Gasteiger partial charge in [0.25, 0.3) is 0 Å². The fourth-order valence-electron chi connectivity index (χ4n) is 0.158. The van der Waals surface area contributed by atoms with E-state index in [1.807, 2.05) is 13.8 Å². The summed E-state index contributed by atoms with van der Waals surface area (Å²) in [6, 6.07) is 0. The van der Waals surface area contributed by atoms with E-state index in [0.717, 1.165) is 5.71 Å². The van der Waals surface area contributed by atoms with Crippen molar-refractivity contribution in [3.63, 3.8) is 0 Å². The van der Waals surface area contributed by atoms with E-state index in [4.69, 9.17) is 0 Å². The summed E-state index contributed by atoms with van der Waals surface area (Å²) < 4.78 is 0. The van der Waals surface area contributed by atoms with E-state index in [1.54, 1.807) is 13.0 Å². The summed E-state index contributed by atoms with van der Waals surface area (Å²) in [5.41, 5.74) is 0.741. The van der Waals surface area contributed by atoms with Gasteiger partial charge >= 0.3 is 0 Å². The molecule has 58 valence electrons. The van der Waals surface area contributed by atoms with Crippen LogP contribution in [0.1, 0.15) is 20.8 Å². The van der Waals surface area contributed by atoms with Crippen molar-refractivity contribution in [1.82, 2.24) is 0 Å². The summed E-state index contributed by atoms with van der Waals surface area (Å²) in [4.78, 5) is 4.47. The first-order chi connectivity index (χ1) is 4.81. The summed E-state index contributed by atoms with van der Waals surface area (Å²) >= 11 is 0. The predicted octanol–water partition coefficient (Wildman–Crippen LogP) is 2.73. The lowest BCUT2D eigenvalue weighted by Gasteiger charge is -1.86. The van der Waals surface area contributed by atoms with Crippen molar-refractivity contribution in [1.29, 1.82) is 0 Å². The van der Waals surface area contributed by atoms with Crippen molar-refractivity contribution < 1.29 is 4.84 Å². The van der Waals surface area contributed by atoms with Crippen LogP contribution >= 0.6 is 0 Å². The maximum atomic E-state index is 4.47. The third kappa shape index (κ3) is 10.0. The molecule has 0 fully saturated rings. The van der Waals surface area contributed by atoms with E-state index in [0.29, 0.717) is 0 Å². The van der Waals surface area contributed by atoms with Gasteiger partial charge in [0, 0.05) is 0 Å². The minimum Gasteiger partial charge on any atom is -0.365 e. The summed E-state index contributed by atoms with van der Waals surface area (Å²) in [6.07, 6.45) is 2.86. The normalized spacial score (nSPS) is 8.90. The summed E-state index contributed by atoms with van der Waals surface area (Å²) in [6.45, 7) is 12.6. The molecule has 0 radical (unpaired) electrons. The second kappa shape index (κ2) is 10.8. The zero-order valence-electron chi connectivity index (χ0n) is 6.92. The Kier molecular flexibility index (Phi) is 12.7. The first-order valence-electron chi connectivity index (χ1n) is 3.25. The van der Waals surface area contributed by atoms with Crippen LogP contribution < -0.4 is 0 Å². The molecule has 0 aromatic heterocycles. The molecular formula is C8H15NO. The number of oxime groups is 1. The highest BCUT2D eigenvalue weighted by atomic mass is 16.6. The van der Waals surface area contributed by atoms with E-state index in [2.05, 4.69) is 23.2 Å². The molecule has 0 spiro atoms. The fourth-order valence-corrected chi connectivity index (χ4v) is 0.158. The Hall–Kier alpha value is -1.05. The summed E-state index contributed by atoms with van der Waals surface area (Å²) in [7, 11) is 0. The van der Waals surface area contributed by atoms with E-state index in [1.165, 1.54) is 6.26 Å². The third-order valence-corrected chi connectivity index (χ3v) is 0.567. The minimum absolute atomic E-state index is 0.741. The van der Waals surface area contributed by atoms with Crippen LogP contribution in [0.3, 0.4) is 0 Å². The van der Waals surface area contributed by atoms with E-state index in [9.17, 15) is 0 Å². The smallest absolute Gasteiger partial charge is 0.114 e. The van der Waals surface area contributed by atoms with Gasteiger partial charge in [-0.05, 0) is 13.0 Å². The van der Waals surface area contributed by atoms with Gasteiger partial charge in [-0.1, -0.05) is 32.2 Å². The average Bonchev–Trinajstić information content (AvgIpc) is 2.04. The maximum Gasteiger partial charge on any atom is 0.114 e. The molecule has 0 aromatic carbocycles. The maximum absolute atomic E-state index is 4.47. The molecular weight excluding hydrogens is 126 g/mol. The lowest BCUT2D eigenvalue weighted by atomic mass is 10.4. The lowest BCUT2D eigenvalue weighted by Crippen LogP contribution is -1.81. The van der Waals surface area contributed by atoms with E-state index < -0.39 is 0 Å². The molecule has 2 nitrogen and oxygen atoms in total. The molecule has 0 saturated carbocycles. The SMILES string of the molecule is C=CO/N=C(/C)C=C.CC. The van der Waals surface area contributed by atoms with Crippen LogP contribution in [-0.2, 0) is 4.84 Å². The zero-order chi connectivity index (χ0) is 8.41. The van der Waals surface area contributed by atoms with Crippen molar-refractivity contribution >= 4 is 5.71 Å². The van der Waals surface area contributed by atoms with Crippen LogP contribution in [0.5, 0.6) is 0 Å². The highest BCUT2D eigenvalue weighted by molar-refractivity contribution is 5.91. The first-order valence-corrected chi connectivity index (χ1v) is 3.25. The van der Waals surface area contributed by atoms with Crippen LogP contribution in [0.15, 0.2) is 30.7 Å². The van der Waals surface area contributed by atoms with E-state index in [-0.39, 0.29) is 0 Å². The van der Waals surface area contributed by atoms with Crippen LogP contribution in [-0.4, -0.2) is 5.71 Å². The molecule has 0 aliphatic heterocycles. The molecule has 2 heteroatoms. The van der Waals surface area contributed by atoms with Crippen LogP contribution in [0.4, 0.5) is 0 Å². The Morgan fingerprint density at radius 3 is 2.20 bits per heavy atom. The van der Waals surface area contributed by atoms with Crippen molar-refractivity contribution in [2.75, 3.05) is 0 Å². The van der Waals surface area contributed by atoms with Gasteiger partial charge in [0.05, 0.1) is 5.71 Å². The molecule has 10 heavy (non-hydrogen) atoms. The average molecular weight is 141 g/mol. The van der Waals surface area contributed by atoms with Crippen molar-refractivity contribution in [2.24, 2.45) is 5.16 Å². The highest BCUT2D eigenvalue weighted by Gasteiger charge is 1.75. The van der Waals surface area contributed by atoms with Crippen LogP contribution in [0, 0.1) is 0 Å². The fraction of sp³-hybridized carbons (Fsp3) is 0.375. The molecule has 0 rings (SSSR count). The second-order valence-electron chi connectivity index (χ2n) is 1.21. The van der Waals surface area contributed by atoms with Gasteiger partial charge in [-0.15, -0.1) is 0 Å². The van der Waals surface area contributed by atoms with Crippen molar-refractivity contribution in [3.05, 3.63) is 25.5 Å². The first kappa shape index (κ1) is 11.7. The quantitative estimate of drug-likeness (QED) is 0.336. The van der Waals surface area contributed by atoms with E-state index >= 15 is 0 Å². The monoisotopic (exact) mass is 141 g/mol. The number of nitrogens with zero attached hydrogens (tertiary/aromatic N) is 1. The Balaban J connectivity index is 0. The molecule has 0 unspecified atom stereocenters. The minimum atomic E-state index is 0.741. The van der Waals surface area contributed by atoms with Gasteiger partial charge < -0.3 is 4.84 Å². The number of hydrogen-bond donors (Lipinski definition) is 0. The third-order valence-electron chi connectivity index (χ3n) is 0.567. The van der Waals surface area contributed by atoms with Gasteiger partial charge in [-0.25, -0.2) is 0 Å². The molecule has 0 bridgehead atoms. The Morgan fingerprint density at radius 2 is 1.90 bits per heavy atom. The Bertz CT molecular complexity index is 116. The molecule has 0 aliphatic rings. The Labute approximate surface area is 62.9 Å². The number of rotatable bonds is 3. The molecule has 0 saturated heterocycles. The van der Waals surface area contributed by atoms with Crippen LogP contribution in [0.25, 0.3) is 0 Å². The zero-order valence-corrected chi connectivity index (χ0v) is 6.92. The van der Waals surface area contributed by atoms with Gasteiger partial charge in [-0.2, -0.15) is 0 Å². The number of allylic oxidation sites excluding steroid dienone is 1. The molecule has 0 aliphatic carbocycles. The highest BCUT2D eigenvalue weighted by Crippen LogP contribution is 1.79. The standard InChI is InChI=1S/C6H9NO.C2H6/c1-4-6(3)7-8-5-2;1-2/h4-5H,1-2H2,3H3;1-2H3/b7-6-;. The largest absolute Gasteiger partial charge is 0.365 e. The van der Waals surface area contributed by atoms with Crippen LogP contribution in [0.2, 0.25) is 0 Å². The molecule has 0 amide bonds. The second-order valence-corrected chi connectivity index (χ2v) is 1.21. The van der Waals surface area contributed by atoms with Crippen molar-refractivity contribution in [2.45, 2.75) is 20.8 Å². The molecule has 0 heterocycles. The molecule has 0 N–H and O–H groups in total. The van der Waals surface area contributed by atoms with Crippen molar-refractivity contribution in [3.8, 4) is 0 Å². The molecule has 0 atom stereocenters. The van der Waals surface area contributed by atoms with Gasteiger partial charge in [0.15, 0.2) is 0 Å². The predicted molar refractivity (Wildman–Crippen MR) is 45.9 cm³/mol. The topological polar surface area (TPSA) is 21.6 Å². The lowest BCUT2D eigenvalue weighted by molar-refractivity contribution is 0.270. The van der Waals surface area contributed by atoms with Gasteiger partial charge in [0.1, 0.15) is 6.26 Å². The molecule has 0 aromatic rings. The summed E-state index contributed by atoms with van der Waals surface area (Å²) in [5.74, 6) is 0. The van der Waals surface area contributed by atoms with Gasteiger partial charge in [-0.3, -0.25) is 0 Å².